The summed E-state index contributed by atoms with van der Waals surface area (Å²) in [6, 6.07) is 3.61. The largest absolute Gasteiger partial charge is 0.396 e. The van der Waals surface area contributed by atoms with Crippen LogP contribution >= 0.6 is 0 Å². The van der Waals surface area contributed by atoms with Crippen molar-refractivity contribution in [2.24, 2.45) is 5.92 Å². The number of pyridine rings is 1. The lowest BCUT2D eigenvalue weighted by Crippen LogP contribution is -2.10. The molecule has 1 saturated heterocycles. The molecule has 0 aromatic carbocycles. The molecule has 1 aliphatic heterocycles. The van der Waals surface area contributed by atoms with Gasteiger partial charge in [0, 0.05) is 19.8 Å². The van der Waals surface area contributed by atoms with Gasteiger partial charge in [-0.2, -0.15) is 0 Å². The number of nitrogens with zero attached hydrogens (tertiary/aromatic N) is 1. The summed E-state index contributed by atoms with van der Waals surface area (Å²) >= 11 is 0. The third kappa shape index (κ3) is 2.76. The number of nitrogens with two attached hydrogens (primary N) is 2. The van der Waals surface area contributed by atoms with Gasteiger partial charge in [0.2, 0.25) is 0 Å². The van der Waals surface area contributed by atoms with E-state index >= 15 is 0 Å². The molecule has 16 heavy (non-hydrogen) atoms. The molecule has 5 nitrogen and oxygen atoms in total. The highest BCUT2D eigenvalue weighted by Gasteiger charge is 2.14. The molecule has 88 valence electrons. The van der Waals surface area contributed by atoms with Crippen molar-refractivity contribution in [3.8, 4) is 0 Å². The maximum Gasteiger partial charge on any atom is 0.149 e. The number of aromatic nitrogens is 1. The molecule has 0 aliphatic carbocycles. The van der Waals surface area contributed by atoms with Gasteiger partial charge in [0.15, 0.2) is 0 Å². The first kappa shape index (κ1) is 11.0. The zero-order valence-corrected chi connectivity index (χ0v) is 9.28. The van der Waals surface area contributed by atoms with Gasteiger partial charge in [-0.3, -0.25) is 0 Å². The topological polar surface area (TPSA) is 86.2 Å². The third-order valence-electron chi connectivity index (χ3n) is 2.84. The summed E-state index contributed by atoms with van der Waals surface area (Å²) in [5.41, 5.74) is 11.7. The van der Waals surface area contributed by atoms with Gasteiger partial charge < -0.3 is 21.5 Å². The molecule has 0 spiro atoms. The van der Waals surface area contributed by atoms with Crippen molar-refractivity contribution in [2.75, 3.05) is 36.5 Å². The van der Waals surface area contributed by atoms with Crippen LogP contribution in [0.1, 0.15) is 12.8 Å². The predicted octanol–water partition coefficient (Wildman–Crippen LogP) is 1.08. The van der Waals surface area contributed by atoms with Crippen LogP contribution in [0.25, 0.3) is 0 Å². The predicted molar refractivity (Wildman–Crippen MR) is 65.1 cm³/mol. The van der Waals surface area contributed by atoms with Crippen LogP contribution in [-0.4, -0.2) is 24.7 Å². The normalized spacial score (nSPS) is 19.9. The summed E-state index contributed by atoms with van der Waals surface area (Å²) in [6.07, 6.45) is 2.27. The molecule has 1 aliphatic rings. The minimum absolute atomic E-state index is 0.384. The van der Waals surface area contributed by atoms with Crippen LogP contribution in [-0.2, 0) is 4.74 Å². The Morgan fingerprint density at radius 1 is 1.44 bits per heavy atom. The van der Waals surface area contributed by atoms with E-state index in [-0.39, 0.29) is 0 Å². The fraction of sp³-hybridized carbons (Fsp3) is 0.545. The highest BCUT2D eigenvalue weighted by Crippen LogP contribution is 2.17. The van der Waals surface area contributed by atoms with Gasteiger partial charge in [0.05, 0.1) is 5.69 Å². The number of hydrogen-bond donors (Lipinski definition) is 3. The lowest BCUT2D eigenvalue weighted by atomic mass is 10.1. The summed E-state index contributed by atoms with van der Waals surface area (Å²) in [5, 5.41) is 3.24. The second kappa shape index (κ2) is 5.03. The van der Waals surface area contributed by atoms with Crippen LogP contribution in [0.4, 0.5) is 17.3 Å². The Morgan fingerprint density at radius 2 is 2.31 bits per heavy atom. The summed E-state index contributed by atoms with van der Waals surface area (Å²) in [7, 11) is 0. The fourth-order valence-electron chi connectivity index (χ4n) is 1.80. The molecule has 1 atom stereocenters. The molecule has 0 bridgehead atoms. The van der Waals surface area contributed by atoms with Crippen LogP contribution in [0.3, 0.4) is 0 Å². The van der Waals surface area contributed by atoms with E-state index in [1.165, 1.54) is 6.42 Å². The van der Waals surface area contributed by atoms with Crippen molar-refractivity contribution in [1.82, 2.24) is 4.98 Å². The monoisotopic (exact) mass is 222 g/mol. The minimum atomic E-state index is 0.384. The van der Waals surface area contributed by atoms with Crippen molar-refractivity contribution in [2.45, 2.75) is 12.8 Å². The first-order valence-electron chi connectivity index (χ1n) is 5.59. The average molecular weight is 222 g/mol. The SMILES string of the molecule is Nc1ccc(NCCC2CCOC2)nc1N. The van der Waals surface area contributed by atoms with Gasteiger partial charge >= 0.3 is 0 Å². The molecule has 1 fully saturated rings. The van der Waals surface area contributed by atoms with Crippen molar-refractivity contribution in [1.29, 1.82) is 0 Å². The molecule has 2 rings (SSSR count). The highest BCUT2D eigenvalue weighted by atomic mass is 16.5. The van der Waals surface area contributed by atoms with Crippen molar-refractivity contribution < 1.29 is 4.74 Å². The van der Waals surface area contributed by atoms with Crippen molar-refractivity contribution >= 4 is 17.3 Å². The Bertz CT molecular complexity index is 350. The summed E-state index contributed by atoms with van der Waals surface area (Å²) in [4.78, 5) is 4.15. The van der Waals surface area contributed by atoms with E-state index in [1.807, 2.05) is 6.07 Å². The van der Waals surface area contributed by atoms with Gasteiger partial charge in [-0.05, 0) is 30.9 Å². The summed E-state index contributed by atoms with van der Waals surface area (Å²) in [5.74, 6) is 1.85. The van der Waals surface area contributed by atoms with Gasteiger partial charge in [-0.1, -0.05) is 0 Å². The summed E-state index contributed by atoms with van der Waals surface area (Å²) < 4.78 is 5.31. The molecular formula is C11H18N4O. The zero-order chi connectivity index (χ0) is 11.4. The Balaban J connectivity index is 1.78. The van der Waals surface area contributed by atoms with Crippen LogP contribution in [0, 0.1) is 5.92 Å². The quantitative estimate of drug-likeness (QED) is 0.709. The number of rotatable bonds is 4. The number of anilines is 3. The minimum Gasteiger partial charge on any atom is -0.396 e. The third-order valence-corrected chi connectivity index (χ3v) is 2.84. The first-order valence-corrected chi connectivity index (χ1v) is 5.59. The highest BCUT2D eigenvalue weighted by molar-refractivity contribution is 5.61. The number of nitrogens with one attached hydrogen (secondary N) is 1. The maximum absolute atomic E-state index is 5.62. The Labute approximate surface area is 95.2 Å². The molecule has 0 amide bonds. The Morgan fingerprint density at radius 3 is 3.00 bits per heavy atom. The molecule has 1 aromatic heterocycles. The molecular weight excluding hydrogens is 204 g/mol. The van der Waals surface area contributed by atoms with Crippen LogP contribution in [0.5, 0.6) is 0 Å². The standard InChI is InChI=1S/C11H18N4O/c12-9-1-2-10(15-11(9)13)14-5-3-8-4-6-16-7-8/h1-2,8H,3-7,12H2,(H3,13,14,15). The van der Waals surface area contributed by atoms with Crippen LogP contribution in [0.2, 0.25) is 0 Å². The smallest absolute Gasteiger partial charge is 0.149 e. The molecule has 2 heterocycles. The first-order chi connectivity index (χ1) is 7.75. The zero-order valence-electron chi connectivity index (χ0n) is 9.28. The molecule has 0 saturated carbocycles. The van der Waals surface area contributed by atoms with E-state index in [0.717, 1.165) is 32.0 Å². The number of ether oxygens (including phenoxy) is 1. The molecule has 1 unspecified atom stereocenters. The molecule has 5 heteroatoms. The van der Waals surface area contributed by atoms with E-state index in [4.69, 9.17) is 16.2 Å². The van der Waals surface area contributed by atoms with Crippen molar-refractivity contribution in [3.05, 3.63) is 12.1 Å². The lowest BCUT2D eigenvalue weighted by molar-refractivity contribution is 0.185. The van der Waals surface area contributed by atoms with Crippen molar-refractivity contribution in [3.63, 3.8) is 0 Å². The molecule has 0 radical (unpaired) electrons. The second-order valence-electron chi connectivity index (χ2n) is 4.12. The number of nitrogen functional groups attached to an aromatic ring is 2. The van der Waals surface area contributed by atoms with E-state index in [2.05, 4.69) is 10.3 Å². The Hall–Kier alpha value is -1.49. The van der Waals surface area contributed by atoms with Crippen LogP contribution in [0.15, 0.2) is 12.1 Å². The lowest BCUT2D eigenvalue weighted by Gasteiger charge is -2.10. The average Bonchev–Trinajstić information content (AvgIpc) is 2.76. The number of hydrogen-bond acceptors (Lipinski definition) is 5. The van der Waals surface area contributed by atoms with E-state index in [0.29, 0.717) is 17.4 Å². The van der Waals surface area contributed by atoms with Gasteiger partial charge in [-0.25, -0.2) is 4.98 Å². The van der Waals surface area contributed by atoms with E-state index < -0.39 is 0 Å². The Kier molecular flexibility index (Phi) is 3.46. The van der Waals surface area contributed by atoms with Gasteiger partial charge in [0.25, 0.3) is 0 Å². The maximum atomic E-state index is 5.62. The fourth-order valence-corrected chi connectivity index (χ4v) is 1.80. The summed E-state index contributed by atoms with van der Waals surface area (Å²) in [6.45, 7) is 2.68. The van der Waals surface area contributed by atoms with E-state index in [1.54, 1.807) is 6.07 Å². The second-order valence-corrected chi connectivity index (χ2v) is 4.12. The van der Waals surface area contributed by atoms with Gasteiger partial charge in [-0.15, -0.1) is 0 Å². The van der Waals surface area contributed by atoms with Gasteiger partial charge in [0.1, 0.15) is 11.6 Å². The van der Waals surface area contributed by atoms with E-state index in [9.17, 15) is 0 Å². The van der Waals surface area contributed by atoms with Crippen LogP contribution < -0.4 is 16.8 Å². The molecule has 5 N–H and O–H groups in total. The molecule has 1 aromatic rings.